The van der Waals surface area contributed by atoms with Crippen LogP contribution < -0.4 is 5.73 Å². The number of aryl methyl sites for hydroxylation is 1. The molecule has 2 nitrogen and oxygen atoms in total. The van der Waals surface area contributed by atoms with Crippen LogP contribution in [-0.2, 0) is 12.8 Å². The van der Waals surface area contributed by atoms with Gasteiger partial charge in [0.25, 0.3) is 0 Å². The van der Waals surface area contributed by atoms with Gasteiger partial charge in [0.1, 0.15) is 0 Å². The van der Waals surface area contributed by atoms with E-state index in [0.29, 0.717) is 6.54 Å². The molecule has 1 aromatic heterocycles. The van der Waals surface area contributed by atoms with Gasteiger partial charge in [-0.1, -0.05) is 18.9 Å². The van der Waals surface area contributed by atoms with Crippen molar-refractivity contribution in [1.82, 2.24) is 4.98 Å². The molecule has 0 aliphatic carbocycles. The normalized spacial score (nSPS) is 9.29. The van der Waals surface area contributed by atoms with Crippen molar-refractivity contribution in [3.8, 4) is 11.8 Å². The molecule has 14 heavy (non-hydrogen) atoms. The van der Waals surface area contributed by atoms with Crippen LogP contribution in [-0.4, -0.2) is 11.5 Å². The van der Waals surface area contributed by atoms with Gasteiger partial charge in [0.2, 0.25) is 0 Å². The maximum absolute atomic E-state index is 5.33. The summed E-state index contributed by atoms with van der Waals surface area (Å²) in [6.07, 6.45) is 4.45. The summed E-state index contributed by atoms with van der Waals surface area (Å²) in [5.41, 5.74) is 7.63. The highest BCUT2D eigenvalue weighted by molar-refractivity contribution is 5.18. The molecule has 0 aliphatic rings. The molecule has 1 aromatic rings. The van der Waals surface area contributed by atoms with Gasteiger partial charge in [-0.25, -0.2) is 0 Å². The van der Waals surface area contributed by atoms with E-state index in [4.69, 9.17) is 5.73 Å². The van der Waals surface area contributed by atoms with Gasteiger partial charge in [-0.15, -0.1) is 5.92 Å². The Kier molecular flexibility index (Phi) is 4.74. The molecule has 0 bridgehead atoms. The van der Waals surface area contributed by atoms with E-state index >= 15 is 0 Å². The Morgan fingerprint density at radius 1 is 1.36 bits per heavy atom. The van der Waals surface area contributed by atoms with Crippen molar-refractivity contribution < 1.29 is 0 Å². The van der Waals surface area contributed by atoms with Crippen LogP contribution in [0.1, 0.15) is 24.6 Å². The Bertz CT molecular complexity index is 316. The Hall–Kier alpha value is -1.33. The number of pyridine rings is 1. The second kappa shape index (κ2) is 6.17. The zero-order valence-electron chi connectivity index (χ0n) is 8.59. The average molecular weight is 188 g/mol. The fraction of sp³-hybridized carbons (Fsp3) is 0.417. The van der Waals surface area contributed by atoms with Crippen molar-refractivity contribution in [3.63, 3.8) is 0 Å². The van der Waals surface area contributed by atoms with Crippen LogP contribution in [0.25, 0.3) is 0 Å². The molecule has 1 rings (SSSR count). The van der Waals surface area contributed by atoms with Gasteiger partial charge in [0.05, 0.1) is 12.1 Å². The summed E-state index contributed by atoms with van der Waals surface area (Å²) in [5.74, 6) is 6.04. The third-order valence-corrected chi connectivity index (χ3v) is 1.96. The molecule has 0 aliphatic heterocycles. The van der Waals surface area contributed by atoms with Crippen LogP contribution >= 0.6 is 0 Å². The molecule has 0 saturated carbocycles. The molecule has 0 fully saturated rings. The number of nitrogens with zero attached hydrogens (tertiary/aromatic N) is 1. The minimum atomic E-state index is 0.634. The smallest absolute Gasteiger partial charge is 0.0522 e. The molecule has 2 heteroatoms. The molecule has 0 aromatic carbocycles. The zero-order valence-corrected chi connectivity index (χ0v) is 8.59. The number of nitrogens with two attached hydrogens (primary N) is 1. The van der Waals surface area contributed by atoms with E-state index in [0.717, 1.165) is 25.0 Å². The first-order chi connectivity index (χ1) is 6.86. The van der Waals surface area contributed by atoms with Crippen molar-refractivity contribution in [2.75, 3.05) is 6.54 Å². The van der Waals surface area contributed by atoms with E-state index in [1.165, 1.54) is 5.56 Å². The monoisotopic (exact) mass is 188 g/mol. The molecule has 0 radical (unpaired) electrons. The maximum atomic E-state index is 5.33. The maximum Gasteiger partial charge on any atom is 0.0522 e. The highest BCUT2D eigenvalue weighted by Gasteiger charge is 1.91. The molecule has 74 valence electrons. The molecule has 0 amide bonds. The molecular weight excluding hydrogens is 172 g/mol. The van der Waals surface area contributed by atoms with Crippen molar-refractivity contribution in [2.45, 2.75) is 26.2 Å². The van der Waals surface area contributed by atoms with Crippen LogP contribution in [0, 0.1) is 11.8 Å². The van der Waals surface area contributed by atoms with Crippen molar-refractivity contribution in [3.05, 3.63) is 29.6 Å². The second-order valence-corrected chi connectivity index (χ2v) is 3.08. The van der Waals surface area contributed by atoms with Crippen LogP contribution in [0.15, 0.2) is 18.3 Å². The third kappa shape index (κ3) is 3.59. The molecule has 0 spiro atoms. The number of aromatic nitrogens is 1. The van der Waals surface area contributed by atoms with Crippen LogP contribution in [0.3, 0.4) is 0 Å². The fourth-order valence-corrected chi connectivity index (χ4v) is 1.08. The fourth-order valence-electron chi connectivity index (χ4n) is 1.08. The van der Waals surface area contributed by atoms with Crippen LogP contribution in [0.5, 0.6) is 0 Å². The Labute approximate surface area is 85.5 Å². The Morgan fingerprint density at radius 2 is 2.21 bits per heavy atom. The first-order valence-electron chi connectivity index (χ1n) is 4.96. The molecule has 2 N–H and O–H groups in total. The van der Waals surface area contributed by atoms with Gasteiger partial charge < -0.3 is 5.73 Å². The SMILES string of the molecule is CCc1ccc(CC#CCCN)nc1. The number of hydrogen-bond acceptors (Lipinski definition) is 2. The molecule has 0 saturated heterocycles. The summed E-state index contributed by atoms with van der Waals surface area (Å²) >= 11 is 0. The van der Waals surface area contributed by atoms with Crippen LogP contribution in [0.2, 0.25) is 0 Å². The van der Waals surface area contributed by atoms with E-state index in [-0.39, 0.29) is 0 Å². The molecule has 0 unspecified atom stereocenters. The van der Waals surface area contributed by atoms with Gasteiger partial charge in [-0.2, -0.15) is 0 Å². The largest absolute Gasteiger partial charge is 0.330 e. The summed E-state index contributed by atoms with van der Waals surface area (Å²) in [4.78, 5) is 4.31. The molecule has 1 heterocycles. The zero-order chi connectivity index (χ0) is 10.2. The van der Waals surface area contributed by atoms with Crippen LogP contribution in [0.4, 0.5) is 0 Å². The van der Waals surface area contributed by atoms with E-state index in [1.807, 2.05) is 12.3 Å². The summed E-state index contributed by atoms with van der Waals surface area (Å²) in [7, 11) is 0. The first kappa shape index (κ1) is 10.7. The third-order valence-electron chi connectivity index (χ3n) is 1.96. The van der Waals surface area contributed by atoms with E-state index in [2.05, 4.69) is 29.8 Å². The first-order valence-corrected chi connectivity index (χ1v) is 4.96. The van der Waals surface area contributed by atoms with E-state index in [1.54, 1.807) is 0 Å². The molecular formula is C12H16N2. The lowest BCUT2D eigenvalue weighted by Crippen LogP contribution is -1.95. The quantitative estimate of drug-likeness (QED) is 0.731. The highest BCUT2D eigenvalue weighted by Crippen LogP contribution is 2.00. The number of hydrogen-bond donors (Lipinski definition) is 1. The predicted molar refractivity (Wildman–Crippen MR) is 58.8 cm³/mol. The van der Waals surface area contributed by atoms with Gasteiger partial charge in [0.15, 0.2) is 0 Å². The van der Waals surface area contributed by atoms with Gasteiger partial charge in [0, 0.05) is 19.2 Å². The summed E-state index contributed by atoms with van der Waals surface area (Å²) in [5, 5.41) is 0. The van der Waals surface area contributed by atoms with E-state index < -0.39 is 0 Å². The van der Waals surface area contributed by atoms with Crippen molar-refractivity contribution in [2.24, 2.45) is 5.73 Å². The minimum absolute atomic E-state index is 0.634. The minimum Gasteiger partial charge on any atom is -0.330 e. The van der Waals surface area contributed by atoms with E-state index in [9.17, 15) is 0 Å². The summed E-state index contributed by atoms with van der Waals surface area (Å²) < 4.78 is 0. The average Bonchev–Trinajstić information content (AvgIpc) is 2.25. The molecule has 0 atom stereocenters. The lowest BCUT2D eigenvalue weighted by molar-refractivity contribution is 1.03. The van der Waals surface area contributed by atoms with Gasteiger partial charge in [-0.05, 0) is 18.1 Å². The highest BCUT2D eigenvalue weighted by atomic mass is 14.7. The summed E-state index contributed by atoms with van der Waals surface area (Å²) in [6.45, 7) is 2.76. The Balaban J connectivity index is 2.49. The van der Waals surface area contributed by atoms with Crippen molar-refractivity contribution in [1.29, 1.82) is 0 Å². The summed E-state index contributed by atoms with van der Waals surface area (Å²) in [6, 6.07) is 4.14. The standard InChI is InChI=1S/C12H16N2/c1-2-11-7-8-12(14-10-11)6-4-3-5-9-13/h7-8,10H,2,5-6,9,13H2,1H3. The topological polar surface area (TPSA) is 38.9 Å². The lowest BCUT2D eigenvalue weighted by atomic mass is 10.2. The van der Waals surface area contributed by atoms with Crippen molar-refractivity contribution >= 4 is 0 Å². The number of rotatable bonds is 3. The Morgan fingerprint density at radius 3 is 2.79 bits per heavy atom. The van der Waals surface area contributed by atoms with Gasteiger partial charge in [-0.3, -0.25) is 4.98 Å². The lowest BCUT2D eigenvalue weighted by Gasteiger charge is -1.96. The predicted octanol–water partition coefficient (Wildman–Crippen LogP) is 1.54. The van der Waals surface area contributed by atoms with Gasteiger partial charge >= 0.3 is 0 Å². The second-order valence-electron chi connectivity index (χ2n) is 3.08.